The molecule has 0 atom stereocenters. The van der Waals surface area contributed by atoms with Crippen molar-refractivity contribution in [1.82, 2.24) is 0 Å². The minimum atomic E-state index is 1.09. The predicted octanol–water partition coefficient (Wildman–Crippen LogP) is 17.0. The van der Waals surface area contributed by atoms with Crippen molar-refractivity contribution in [3.63, 3.8) is 0 Å². The quantitative estimate of drug-likeness (QED) is 0.149. The van der Waals surface area contributed by atoms with Crippen LogP contribution in [0.4, 0.5) is 17.1 Å². The maximum absolute atomic E-state index is 2.38. The zero-order valence-corrected chi connectivity index (χ0v) is 33.6. The Kier molecular flexibility index (Phi) is 9.26. The number of nitrogens with zero attached hydrogens (tertiary/aromatic N) is 1. The smallest absolute Gasteiger partial charge is 0.0467 e. The molecule has 0 amide bonds. The summed E-state index contributed by atoms with van der Waals surface area (Å²) in [7, 11) is 0. The summed E-state index contributed by atoms with van der Waals surface area (Å²) in [5, 5.41) is 7.48. The van der Waals surface area contributed by atoms with Gasteiger partial charge in [0.05, 0.1) is 0 Å². The van der Waals surface area contributed by atoms with Gasteiger partial charge in [0.2, 0.25) is 0 Å². The first-order chi connectivity index (χ1) is 30.2. The average molecular weight is 776 g/mol. The number of anilines is 3. The summed E-state index contributed by atoms with van der Waals surface area (Å²) in [4.78, 5) is 2.38. The highest BCUT2D eigenvalue weighted by Gasteiger charge is 2.17. The first-order valence-corrected chi connectivity index (χ1v) is 21.0. The third-order valence-corrected chi connectivity index (χ3v) is 12.0. The Balaban J connectivity index is 0.980. The fourth-order valence-corrected chi connectivity index (χ4v) is 8.89. The van der Waals surface area contributed by atoms with E-state index >= 15 is 0 Å². The largest absolute Gasteiger partial charge is 0.310 e. The third-order valence-electron chi connectivity index (χ3n) is 12.0. The predicted molar refractivity (Wildman–Crippen MR) is 261 cm³/mol. The Bertz CT molecular complexity index is 3330. The molecule has 0 spiro atoms. The lowest BCUT2D eigenvalue weighted by atomic mass is 9.89. The normalized spacial score (nSPS) is 11.3. The molecule has 0 N–H and O–H groups in total. The first kappa shape index (κ1) is 36.1. The summed E-state index contributed by atoms with van der Waals surface area (Å²) < 4.78 is 0. The van der Waals surface area contributed by atoms with Gasteiger partial charge in [-0.1, -0.05) is 200 Å². The van der Waals surface area contributed by atoms with Crippen LogP contribution in [0.3, 0.4) is 0 Å². The Morgan fingerprint density at radius 2 is 0.639 bits per heavy atom. The summed E-state index contributed by atoms with van der Waals surface area (Å²) in [5.74, 6) is 0. The highest BCUT2D eigenvalue weighted by Crippen LogP contribution is 2.42. The van der Waals surface area contributed by atoms with Crippen molar-refractivity contribution in [2.45, 2.75) is 0 Å². The van der Waals surface area contributed by atoms with Gasteiger partial charge in [-0.3, -0.25) is 0 Å². The molecular formula is C60H41N. The molecule has 1 heteroatoms. The van der Waals surface area contributed by atoms with E-state index in [9.17, 15) is 0 Å². The second-order valence-electron chi connectivity index (χ2n) is 15.8. The van der Waals surface area contributed by atoms with Crippen molar-refractivity contribution in [3.8, 4) is 55.6 Å². The standard InChI is InChI=1S/C60H41N/c1-2-13-47(14-3-1)59-38-33-48-15-8-9-20-58(48)60(59)49-31-36-56(37-32-49)61(57-19-10-18-52(41-57)54-28-26-43-12-5-7-17-51(43)40-54)55-34-29-45(30-35-55)44-21-23-46(24-22-44)53-27-25-42-11-4-6-16-50(42)39-53/h1-41H. The third kappa shape index (κ3) is 7.03. The summed E-state index contributed by atoms with van der Waals surface area (Å²) in [5.41, 5.74) is 15.3. The van der Waals surface area contributed by atoms with Crippen LogP contribution in [-0.2, 0) is 0 Å². The van der Waals surface area contributed by atoms with E-state index in [2.05, 4.69) is 254 Å². The molecular weight excluding hydrogens is 735 g/mol. The highest BCUT2D eigenvalue weighted by atomic mass is 15.1. The molecule has 0 aliphatic rings. The molecule has 0 fully saturated rings. The van der Waals surface area contributed by atoms with Gasteiger partial charge in [-0.05, 0) is 136 Å². The fourth-order valence-electron chi connectivity index (χ4n) is 8.89. The molecule has 11 rings (SSSR count). The Morgan fingerprint density at radius 3 is 1.26 bits per heavy atom. The number of rotatable bonds is 8. The lowest BCUT2D eigenvalue weighted by molar-refractivity contribution is 1.28. The van der Waals surface area contributed by atoms with Crippen molar-refractivity contribution in [1.29, 1.82) is 0 Å². The van der Waals surface area contributed by atoms with Gasteiger partial charge in [0.25, 0.3) is 0 Å². The van der Waals surface area contributed by atoms with E-state index in [1.165, 1.54) is 88.0 Å². The Hall–Kier alpha value is -8.00. The first-order valence-electron chi connectivity index (χ1n) is 21.0. The van der Waals surface area contributed by atoms with Crippen LogP contribution < -0.4 is 4.90 Å². The van der Waals surface area contributed by atoms with Crippen molar-refractivity contribution in [3.05, 3.63) is 249 Å². The van der Waals surface area contributed by atoms with Gasteiger partial charge in [0, 0.05) is 17.1 Å². The van der Waals surface area contributed by atoms with E-state index in [4.69, 9.17) is 0 Å². The highest BCUT2D eigenvalue weighted by molar-refractivity contribution is 6.04. The van der Waals surface area contributed by atoms with E-state index in [0.29, 0.717) is 0 Å². The zero-order chi connectivity index (χ0) is 40.5. The van der Waals surface area contributed by atoms with Crippen molar-refractivity contribution < 1.29 is 0 Å². The molecule has 0 aliphatic carbocycles. The monoisotopic (exact) mass is 775 g/mol. The number of hydrogen-bond acceptors (Lipinski definition) is 1. The van der Waals surface area contributed by atoms with E-state index < -0.39 is 0 Å². The molecule has 0 aromatic heterocycles. The fraction of sp³-hybridized carbons (Fsp3) is 0. The van der Waals surface area contributed by atoms with Crippen LogP contribution >= 0.6 is 0 Å². The second-order valence-corrected chi connectivity index (χ2v) is 15.8. The number of benzene rings is 11. The van der Waals surface area contributed by atoms with Crippen molar-refractivity contribution in [2.24, 2.45) is 0 Å². The molecule has 11 aromatic carbocycles. The van der Waals surface area contributed by atoms with Crippen molar-refractivity contribution in [2.75, 3.05) is 4.90 Å². The number of hydrogen-bond donors (Lipinski definition) is 0. The lowest BCUT2D eigenvalue weighted by Crippen LogP contribution is -2.10. The van der Waals surface area contributed by atoms with Gasteiger partial charge >= 0.3 is 0 Å². The summed E-state index contributed by atoms with van der Waals surface area (Å²) in [6.45, 7) is 0. The topological polar surface area (TPSA) is 3.24 Å². The van der Waals surface area contributed by atoms with Crippen LogP contribution in [0.1, 0.15) is 0 Å². The molecule has 0 radical (unpaired) electrons. The van der Waals surface area contributed by atoms with Crippen LogP contribution in [0.25, 0.3) is 88.0 Å². The van der Waals surface area contributed by atoms with Crippen LogP contribution in [0.5, 0.6) is 0 Å². The molecule has 0 bridgehead atoms. The van der Waals surface area contributed by atoms with Gasteiger partial charge in [-0.15, -0.1) is 0 Å². The van der Waals surface area contributed by atoms with Gasteiger partial charge in [0.1, 0.15) is 0 Å². The zero-order valence-electron chi connectivity index (χ0n) is 33.6. The van der Waals surface area contributed by atoms with Crippen LogP contribution in [0.15, 0.2) is 249 Å². The maximum atomic E-state index is 2.38. The Morgan fingerprint density at radius 1 is 0.213 bits per heavy atom. The van der Waals surface area contributed by atoms with E-state index in [0.717, 1.165) is 17.1 Å². The SMILES string of the molecule is c1ccc(-c2ccc3ccccc3c2-c2ccc(N(c3ccc(-c4ccc(-c5ccc6ccccc6c5)cc4)cc3)c3cccc(-c4ccc5ccccc5c4)c3)cc2)cc1. The van der Waals surface area contributed by atoms with Crippen LogP contribution in [-0.4, -0.2) is 0 Å². The molecule has 0 saturated carbocycles. The average Bonchev–Trinajstić information content (AvgIpc) is 3.34. The molecule has 0 unspecified atom stereocenters. The molecule has 0 saturated heterocycles. The van der Waals surface area contributed by atoms with Gasteiger partial charge in [-0.25, -0.2) is 0 Å². The molecule has 0 aliphatic heterocycles. The molecule has 61 heavy (non-hydrogen) atoms. The van der Waals surface area contributed by atoms with Crippen LogP contribution in [0.2, 0.25) is 0 Å². The van der Waals surface area contributed by atoms with E-state index in [1.54, 1.807) is 0 Å². The number of fused-ring (bicyclic) bond motifs is 3. The van der Waals surface area contributed by atoms with Crippen LogP contribution in [0, 0.1) is 0 Å². The van der Waals surface area contributed by atoms with Gasteiger partial charge in [0.15, 0.2) is 0 Å². The second kappa shape index (κ2) is 15.6. The minimum Gasteiger partial charge on any atom is -0.310 e. The summed E-state index contributed by atoms with van der Waals surface area (Å²) in [6, 6.07) is 90.5. The lowest BCUT2D eigenvalue weighted by Gasteiger charge is -2.27. The minimum absolute atomic E-state index is 1.09. The van der Waals surface area contributed by atoms with E-state index in [-0.39, 0.29) is 0 Å². The van der Waals surface area contributed by atoms with Gasteiger partial charge < -0.3 is 4.90 Å². The molecule has 0 heterocycles. The summed E-state index contributed by atoms with van der Waals surface area (Å²) in [6.07, 6.45) is 0. The summed E-state index contributed by atoms with van der Waals surface area (Å²) >= 11 is 0. The molecule has 1 nitrogen and oxygen atoms in total. The van der Waals surface area contributed by atoms with Crippen molar-refractivity contribution >= 4 is 49.4 Å². The maximum Gasteiger partial charge on any atom is 0.0467 e. The van der Waals surface area contributed by atoms with E-state index in [1.807, 2.05) is 0 Å². The molecule has 11 aromatic rings. The van der Waals surface area contributed by atoms with Gasteiger partial charge in [-0.2, -0.15) is 0 Å². The Labute approximate surface area is 357 Å². The molecule has 286 valence electrons.